The van der Waals surface area contributed by atoms with E-state index in [1.54, 1.807) is 0 Å². The molecule has 0 atom stereocenters. The van der Waals surface area contributed by atoms with Crippen LogP contribution < -0.4 is 10.5 Å². The van der Waals surface area contributed by atoms with Crippen molar-refractivity contribution in [1.29, 1.82) is 0 Å². The van der Waals surface area contributed by atoms with E-state index in [9.17, 15) is 0 Å². The number of pyridine rings is 1. The zero-order valence-corrected chi connectivity index (χ0v) is 14.8. The Morgan fingerprint density at radius 1 is 1.33 bits per heavy atom. The Hall–Kier alpha value is -1.31. The van der Waals surface area contributed by atoms with Crippen LogP contribution in [0.25, 0.3) is 0 Å². The van der Waals surface area contributed by atoms with Gasteiger partial charge in [-0.1, -0.05) is 25.6 Å². The van der Waals surface area contributed by atoms with E-state index in [1.165, 1.54) is 31.1 Å². The topological polar surface area (TPSA) is 28.2 Å². The van der Waals surface area contributed by atoms with Crippen molar-refractivity contribution in [3.8, 4) is 12.3 Å². The standard InChI is InChI=1S/C17H27N3Si/c1-6-15-14(2)17(19-13-16(15)21(3,4)5)18-9-12-20-10-7-8-11-20/h1,13H,7-12H2,2-5H3,(H,18,19). The van der Waals surface area contributed by atoms with Gasteiger partial charge in [-0.05, 0) is 38.0 Å². The van der Waals surface area contributed by atoms with Gasteiger partial charge in [-0.15, -0.1) is 6.42 Å². The first-order valence-corrected chi connectivity index (χ1v) is 11.4. The predicted octanol–water partition coefficient (Wildman–Crippen LogP) is 2.42. The van der Waals surface area contributed by atoms with Crippen molar-refractivity contribution in [1.82, 2.24) is 9.88 Å². The second-order valence-electron chi connectivity index (χ2n) is 6.89. The molecule has 0 radical (unpaired) electrons. The molecule has 0 saturated carbocycles. The minimum Gasteiger partial charge on any atom is -0.369 e. The lowest BCUT2D eigenvalue weighted by molar-refractivity contribution is 0.352. The van der Waals surface area contributed by atoms with Crippen molar-refractivity contribution in [3.63, 3.8) is 0 Å². The van der Waals surface area contributed by atoms with Gasteiger partial charge in [0.25, 0.3) is 0 Å². The number of terminal acetylenes is 1. The molecule has 1 aromatic rings. The smallest absolute Gasteiger partial charge is 0.130 e. The summed E-state index contributed by atoms with van der Waals surface area (Å²) in [5.74, 6) is 3.83. The average molecular weight is 302 g/mol. The first kappa shape index (κ1) is 16.1. The molecule has 0 aromatic carbocycles. The molecule has 0 amide bonds. The molecule has 0 spiro atoms. The summed E-state index contributed by atoms with van der Waals surface area (Å²) in [5.41, 5.74) is 2.17. The Balaban J connectivity index is 2.08. The number of hydrogen-bond donors (Lipinski definition) is 1. The molecule has 1 N–H and O–H groups in total. The summed E-state index contributed by atoms with van der Waals surface area (Å²) in [7, 11) is -1.45. The molecule has 1 saturated heterocycles. The third-order valence-electron chi connectivity index (χ3n) is 4.19. The average Bonchev–Trinajstić information content (AvgIpc) is 2.92. The van der Waals surface area contributed by atoms with Crippen LogP contribution in [0.4, 0.5) is 5.82 Å². The van der Waals surface area contributed by atoms with Crippen molar-refractivity contribution in [2.75, 3.05) is 31.5 Å². The molecule has 0 unspecified atom stereocenters. The highest BCUT2D eigenvalue weighted by molar-refractivity contribution is 6.89. The minimum atomic E-state index is -1.45. The molecule has 3 nitrogen and oxygen atoms in total. The second kappa shape index (κ2) is 6.63. The highest BCUT2D eigenvalue weighted by atomic mass is 28.3. The lowest BCUT2D eigenvalue weighted by atomic mass is 10.1. The third-order valence-corrected chi connectivity index (χ3v) is 6.19. The predicted molar refractivity (Wildman–Crippen MR) is 94.1 cm³/mol. The summed E-state index contributed by atoms with van der Waals surface area (Å²) in [4.78, 5) is 7.13. The number of rotatable bonds is 5. The monoisotopic (exact) mass is 301 g/mol. The SMILES string of the molecule is C#Cc1c([Si](C)(C)C)cnc(NCCN2CCCC2)c1C. The maximum atomic E-state index is 5.75. The van der Waals surface area contributed by atoms with Gasteiger partial charge in [0, 0.05) is 30.4 Å². The lowest BCUT2D eigenvalue weighted by Crippen LogP contribution is -2.40. The second-order valence-corrected chi connectivity index (χ2v) is 11.9. The van der Waals surface area contributed by atoms with E-state index in [0.717, 1.165) is 30.0 Å². The van der Waals surface area contributed by atoms with Crippen molar-refractivity contribution in [3.05, 3.63) is 17.3 Å². The normalized spacial score (nSPS) is 16.0. The molecule has 0 aliphatic carbocycles. The van der Waals surface area contributed by atoms with E-state index < -0.39 is 8.07 Å². The summed E-state index contributed by atoms with van der Waals surface area (Å²) >= 11 is 0. The van der Waals surface area contributed by atoms with Crippen LogP contribution in [0.2, 0.25) is 19.6 Å². The van der Waals surface area contributed by atoms with E-state index >= 15 is 0 Å². The van der Waals surface area contributed by atoms with Crippen molar-refractivity contribution >= 4 is 19.1 Å². The van der Waals surface area contributed by atoms with Gasteiger partial charge < -0.3 is 10.2 Å². The quantitative estimate of drug-likeness (QED) is 0.669. The lowest BCUT2D eigenvalue weighted by Gasteiger charge is -2.22. The molecule has 2 heterocycles. The molecule has 4 heteroatoms. The Labute approximate surface area is 130 Å². The van der Waals surface area contributed by atoms with Gasteiger partial charge in [0.05, 0.1) is 8.07 Å². The third kappa shape index (κ3) is 3.87. The van der Waals surface area contributed by atoms with Crippen LogP contribution in [-0.4, -0.2) is 44.1 Å². The highest BCUT2D eigenvalue weighted by Crippen LogP contribution is 2.17. The fourth-order valence-corrected chi connectivity index (χ4v) is 4.34. The maximum absolute atomic E-state index is 5.75. The Bertz CT molecular complexity index is 534. The van der Waals surface area contributed by atoms with Crippen molar-refractivity contribution in [2.45, 2.75) is 39.4 Å². The van der Waals surface area contributed by atoms with Crippen LogP contribution >= 0.6 is 0 Å². The van der Waals surface area contributed by atoms with Crippen LogP contribution in [0, 0.1) is 19.3 Å². The van der Waals surface area contributed by atoms with Crippen LogP contribution in [-0.2, 0) is 0 Å². The summed E-state index contributed by atoms with van der Waals surface area (Å²) in [6.07, 6.45) is 10.4. The highest BCUT2D eigenvalue weighted by Gasteiger charge is 2.22. The molecule has 2 rings (SSSR count). The van der Waals surface area contributed by atoms with Crippen molar-refractivity contribution < 1.29 is 0 Å². The largest absolute Gasteiger partial charge is 0.369 e. The molecule has 1 aliphatic rings. The first-order chi connectivity index (χ1) is 9.93. The number of likely N-dealkylation sites (tertiary alicyclic amines) is 1. The van der Waals surface area contributed by atoms with E-state index in [-0.39, 0.29) is 0 Å². The molecular weight excluding hydrogens is 274 g/mol. The fourth-order valence-electron chi connectivity index (χ4n) is 2.88. The number of hydrogen-bond acceptors (Lipinski definition) is 3. The summed E-state index contributed by atoms with van der Waals surface area (Å²) in [6.45, 7) is 13.5. The van der Waals surface area contributed by atoms with E-state index in [4.69, 9.17) is 6.42 Å². The van der Waals surface area contributed by atoms with Gasteiger partial charge in [0.2, 0.25) is 0 Å². The zero-order chi connectivity index (χ0) is 15.5. The van der Waals surface area contributed by atoms with Crippen LogP contribution in [0.1, 0.15) is 24.0 Å². The maximum Gasteiger partial charge on any atom is 0.130 e. The molecule has 1 aliphatic heterocycles. The Kier molecular flexibility index (Phi) is 5.07. The zero-order valence-electron chi connectivity index (χ0n) is 13.8. The van der Waals surface area contributed by atoms with Gasteiger partial charge in [-0.25, -0.2) is 4.98 Å². The summed E-state index contributed by atoms with van der Waals surface area (Å²) in [5, 5.41) is 4.75. The number of anilines is 1. The van der Waals surface area contributed by atoms with E-state index in [1.807, 2.05) is 6.20 Å². The van der Waals surface area contributed by atoms with Crippen LogP contribution in [0.5, 0.6) is 0 Å². The van der Waals surface area contributed by atoms with Crippen LogP contribution in [0.15, 0.2) is 6.20 Å². The van der Waals surface area contributed by atoms with Crippen molar-refractivity contribution in [2.24, 2.45) is 0 Å². The van der Waals surface area contributed by atoms with Gasteiger partial charge >= 0.3 is 0 Å². The van der Waals surface area contributed by atoms with Crippen LogP contribution in [0.3, 0.4) is 0 Å². The Morgan fingerprint density at radius 2 is 2.00 bits per heavy atom. The summed E-state index contributed by atoms with van der Waals surface area (Å²) < 4.78 is 0. The number of nitrogens with one attached hydrogen (secondary N) is 1. The van der Waals surface area contributed by atoms with Gasteiger partial charge in [0.1, 0.15) is 5.82 Å². The molecule has 1 fully saturated rings. The summed E-state index contributed by atoms with van der Waals surface area (Å²) in [6, 6.07) is 0. The van der Waals surface area contributed by atoms with Gasteiger partial charge in [0.15, 0.2) is 0 Å². The number of aromatic nitrogens is 1. The molecule has 21 heavy (non-hydrogen) atoms. The van der Waals surface area contributed by atoms with E-state index in [2.05, 4.69) is 47.7 Å². The molecule has 1 aromatic heterocycles. The number of nitrogens with zero attached hydrogens (tertiary/aromatic N) is 2. The minimum absolute atomic E-state index is 0.935. The fraction of sp³-hybridized carbons (Fsp3) is 0.588. The first-order valence-electron chi connectivity index (χ1n) is 7.86. The van der Waals surface area contributed by atoms with E-state index in [0.29, 0.717) is 0 Å². The molecule has 114 valence electrons. The molecule has 0 bridgehead atoms. The molecular formula is C17H27N3Si. The van der Waals surface area contributed by atoms with Gasteiger partial charge in [-0.3, -0.25) is 0 Å². The Morgan fingerprint density at radius 3 is 2.57 bits per heavy atom. The van der Waals surface area contributed by atoms with Gasteiger partial charge in [-0.2, -0.15) is 0 Å².